The van der Waals surface area contributed by atoms with Gasteiger partial charge in [-0.2, -0.15) is 0 Å². The Morgan fingerprint density at radius 1 is 0.800 bits per heavy atom. The average molecular weight is 401 g/mol. The molecule has 2 N–H and O–H groups in total. The predicted octanol–water partition coefficient (Wildman–Crippen LogP) is 4.76. The molecule has 0 radical (unpaired) electrons. The van der Waals surface area contributed by atoms with Crippen LogP contribution >= 0.6 is 15.9 Å². The minimum Gasteiger partial charge on any atom is -0.349 e. The fourth-order valence-electron chi connectivity index (χ4n) is 3.03. The third kappa shape index (κ3) is 4.92. The summed E-state index contributed by atoms with van der Waals surface area (Å²) in [6, 6.07) is 14.5. The summed E-state index contributed by atoms with van der Waals surface area (Å²) < 4.78 is 0.928. The van der Waals surface area contributed by atoms with Gasteiger partial charge in [-0.25, -0.2) is 0 Å². The molecule has 1 saturated carbocycles. The summed E-state index contributed by atoms with van der Waals surface area (Å²) in [4.78, 5) is 24.5. The van der Waals surface area contributed by atoms with Gasteiger partial charge >= 0.3 is 0 Å². The van der Waals surface area contributed by atoms with E-state index < -0.39 is 0 Å². The lowest BCUT2D eigenvalue weighted by atomic mass is 9.95. The first-order valence-electron chi connectivity index (χ1n) is 8.60. The van der Waals surface area contributed by atoms with Crippen molar-refractivity contribution in [3.63, 3.8) is 0 Å². The van der Waals surface area contributed by atoms with E-state index in [1.54, 1.807) is 36.4 Å². The van der Waals surface area contributed by atoms with Gasteiger partial charge in [0.25, 0.3) is 11.8 Å². The molecule has 1 aliphatic carbocycles. The van der Waals surface area contributed by atoms with E-state index >= 15 is 0 Å². The SMILES string of the molecule is O=C(Nc1ccc(C(=O)NC2CCCCC2)cc1)c1ccc(Br)cc1. The zero-order valence-corrected chi connectivity index (χ0v) is 15.5. The molecule has 25 heavy (non-hydrogen) atoms. The average Bonchev–Trinajstić information content (AvgIpc) is 2.63. The van der Waals surface area contributed by atoms with Crippen LogP contribution in [0.3, 0.4) is 0 Å². The Labute approximate surface area is 156 Å². The maximum Gasteiger partial charge on any atom is 0.255 e. The third-order valence-corrected chi connectivity index (χ3v) is 4.98. The Morgan fingerprint density at radius 3 is 2.00 bits per heavy atom. The third-order valence-electron chi connectivity index (χ3n) is 4.45. The maximum absolute atomic E-state index is 12.3. The maximum atomic E-state index is 12.3. The van der Waals surface area contributed by atoms with Crippen LogP contribution < -0.4 is 10.6 Å². The van der Waals surface area contributed by atoms with Gasteiger partial charge in [0.05, 0.1) is 0 Å². The van der Waals surface area contributed by atoms with Crippen LogP contribution in [0.4, 0.5) is 5.69 Å². The number of halogens is 1. The van der Waals surface area contributed by atoms with Crippen LogP contribution in [0, 0.1) is 0 Å². The van der Waals surface area contributed by atoms with Gasteiger partial charge in [-0.3, -0.25) is 9.59 Å². The van der Waals surface area contributed by atoms with Crippen LogP contribution in [0.1, 0.15) is 52.8 Å². The highest BCUT2D eigenvalue weighted by atomic mass is 79.9. The van der Waals surface area contributed by atoms with E-state index in [4.69, 9.17) is 0 Å². The smallest absolute Gasteiger partial charge is 0.255 e. The quantitative estimate of drug-likeness (QED) is 0.776. The number of benzene rings is 2. The molecule has 3 rings (SSSR count). The molecule has 5 heteroatoms. The number of hydrogen-bond acceptors (Lipinski definition) is 2. The molecule has 1 fully saturated rings. The summed E-state index contributed by atoms with van der Waals surface area (Å²) in [6.07, 6.45) is 5.76. The number of nitrogens with one attached hydrogen (secondary N) is 2. The van der Waals surface area contributed by atoms with Crippen molar-refractivity contribution in [1.82, 2.24) is 5.32 Å². The Morgan fingerprint density at radius 2 is 1.36 bits per heavy atom. The molecule has 0 spiro atoms. The molecule has 2 amide bonds. The van der Waals surface area contributed by atoms with E-state index in [0.717, 1.165) is 17.3 Å². The van der Waals surface area contributed by atoms with Crippen molar-refractivity contribution in [3.8, 4) is 0 Å². The number of hydrogen-bond donors (Lipinski definition) is 2. The van der Waals surface area contributed by atoms with Gasteiger partial charge in [0.1, 0.15) is 0 Å². The number of anilines is 1. The van der Waals surface area contributed by atoms with Gasteiger partial charge in [0.15, 0.2) is 0 Å². The molecule has 0 heterocycles. The van der Waals surface area contributed by atoms with Crippen LogP contribution in [0.2, 0.25) is 0 Å². The fourth-order valence-corrected chi connectivity index (χ4v) is 3.29. The molecule has 0 aliphatic heterocycles. The van der Waals surface area contributed by atoms with Crippen LogP contribution in [0.15, 0.2) is 53.0 Å². The van der Waals surface area contributed by atoms with Crippen molar-refractivity contribution >= 4 is 33.4 Å². The number of amides is 2. The van der Waals surface area contributed by atoms with Crippen molar-refractivity contribution in [2.75, 3.05) is 5.32 Å². The summed E-state index contributed by atoms with van der Waals surface area (Å²) in [5.74, 6) is -0.218. The van der Waals surface area contributed by atoms with E-state index in [1.165, 1.54) is 19.3 Å². The number of rotatable bonds is 4. The Kier molecular flexibility index (Phi) is 5.87. The summed E-state index contributed by atoms with van der Waals surface area (Å²) in [7, 11) is 0. The van der Waals surface area contributed by atoms with Crippen LogP contribution in [-0.2, 0) is 0 Å². The van der Waals surface area contributed by atoms with Crippen molar-refractivity contribution in [1.29, 1.82) is 0 Å². The van der Waals surface area contributed by atoms with Crippen LogP contribution in [0.25, 0.3) is 0 Å². The normalized spacial score (nSPS) is 14.8. The van der Waals surface area contributed by atoms with E-state index in [-0.39, 0.29) is 17.9 Å². The second-order valence-corrected chi connectivity index (χ2v) is 7.26. The lowest BCUT2D eigenvalue weighted by Crippen LogP contribution is -2.36. The van der Waals surface area contributed by atoms with Gasteiger partial charge in [-0.15, -0.1) is 0 Å². The standard InChI is InChI=1S/C20H21BrN2O2/c21-16-10-6-14(7-11-16)19(24)23-18-12-8-15(9-13-18)20(25)22-17-4-2-1-3-5-17/h6-13,17H,1-5H2,(H,22,25)(H,23,24). The molecule has 0 atom stereocenters. The summed E-state index contributed by atoms with van der Waals surface area (Å²) in [6.45, 7) is 0. The zero-order valence-electron chi connectivity index (χ0n) is 13.9. The van der Waals surface area contributed by atoms with E-state index in [2.05, 4.69) is 26.6 Å². The first-order valence-corrected chi connectivity index (χ1v) is 9.39. The summed E-state index contributed by atoms with van der Waals surface area (Å²) >= 11 is 3.35. The highest BCUT2D eigenvalue weighted by Crippen LogP contribution is 2.18. The Bertz CT molecular complexity index is 735. The Hall–Kier alpha value is -2.14. The molecule has 2 aromatic carbocycles. The second-order valence-electron chi connectivity index (χ2n) is 6.35. The largest absolute Gasteiger partial charge is 0.349 e. The van der Waals surface area contributed by atoms with Gasteiger partial charge < -0.3 is 10.6 Å². The highest BCUT2D eigenvalue weighted by molar-refractivity contribution is 9.10. The van der Waals surface area contributed by atoms with Crippen LogP contribution in [-0.4, -0.2) is 17.9 Å². The van der Waals surface area contributed by atoms with Gasteiger partial charge in [-0.1, -0.05) is 35.2 Å². The monoisotopic (exact) mass is 400 g/mol. The Balaban J connectivity index is 1.58. The molecule has 0 saturated heterocycles. The lowest BCUT2D eigenvalue weighted by Gasteiger charge is -2.22. The molecular weight excluding hydrogens is 380 g/mol. The molecule has 0 unspecified atom stereocenters. The summed E-state index contributed by atoms with van der Waals surface area (Å²) in [5, 5.41) is 5.94. The van der Waals surface area contributed by atoms with Gasteiger partial charge in [0.2, 0.25) is 0 Å². The van der Waals surface area contributed by atoms with Crippen molar-refractivity contribution < 1.29 is 9.59 Å². The van der Waals surface area contributed by atoms with E-state index in [0.29, 0.717) is 16.8 Å². The van der Waals surface area contributed by atoms with Crippen molar-refractivity contribution in [2.24, 2.45) is 0 Å². The van der Waals surface area contributed by atoms with E-state index in [1.807, 2.05) is 12.1 Å². The van der Waals surface area contributed by atoms with Gasteiger partial charge in [0, 0.05) is 27.3 Å². The predicted molar refractivity (Wildman–Crippen MR) is 103 cm³/mol. The van der Waals surface area contributed by atoms with Crippen LogP contribution in [0.5, 0.6) is 0 Å². The number of carbonyl (C=O) groups excluding carboxylic acids is 2. The molecule has 4 nitrogen and oxygen atoms in total. The lowest BCUT2D eigenvalue weighted by molar-refractivity contribution is 0.0927. The van der Waals surface area contributed by atoms with Gasteiger partial charge in [-0.05, 0) is 61.4 Å². The minimum absolute atomic E-state index is 0.0438. The molecule has 1 aliphatic rings. The summed E-state index contributed by atoms with van der Waals surface area (Å²) in [5.41, 5.74) is 1.87. The highest BCUT2D eigenvalue weighted by Gasteiger charge is 2.16. The van der Waals surface area contributed by atoms with Crippen molar-refractivity contribution in [3.05, 3.63) is 64.1 Å². The van der Waals surface area contributed by atoms with E-state index in [9.17, 15) is 9.59 Å². The molecule has 2 aromatic rings. The molecular formula is C20H21BrN2O2. The second kappa shape index (κ2) is 8.30. The molecule has 130 valence electrons. The molecule has 0 bridgehead atoms. The fraction of sp³-hybridized carbons (Fsp3) is 0.300. The van der Waals surface area contributed by atoms with Crippen molar-refractivity contribution in [2.45, 2.75) is 38.1 Å². The zero-order chi connectivity index (χ0) is 17.6. The molecule has 0 aromatic heterocycles. The first kappa shape index (κ1) is 17.7. The number of carbonyl (C=O) groups is 2. The topological polar surface area (TPSA) is 58.2 Å². The first-order chi connectivity index (χ1) is 12.1. The minimum atomic E-state index is -0.174.